The second-order valence-electron chi connectivity index (χ2n) is 6.41. The Bertz CT molecular complexity index is 958. The van der Waals surface area contributed by atoms with Gasteiger partial charge in [-0.25, -0.2) is 4.39 Å². The normalized spacial score (nSPS) is 14.7. The van der Waals surface area contributed by atoms with Gasteiger partial charge in [-0.1, -0.05) is 17.8 Å². The maximum atomic E-state index is 13.3. The second-order valence-corrected chi connectivity index (χ2v) is 7.72. The minimum atomic E-state index is -0.406. The molecule has 0 bridgehead atoms. The smallest absolute Gasteiger partial charge is 0.237 e. The molecular formula is C19H18FN5OS. The van der Waals surface area contributed by atoms with E-state index in [0.717, 1.165) is 24.2 Å². The Hall–Kier alpha value is -2.74. The Morgan fingerprint density at radius 1 is 1.30 bits per heavy atom. The number of nitrogens with one attached hydrogen (secondary N) is 1. The maximum Gasteiger partial charge on any atom is 0.237 e. The maximum absolute atomic E-state index is 13.3. The zero-order valence-corrected chi connectivity index (χ0v) is 15.5. The van der Waals surface area contributed by atoms with Gasteiger partial charge in [0.1, 0.15) is 5.82 Å². The van der Waals surface area contributed by atoms with Crippen molar-refractivity contribution in [2.24, 2.45) is 0 Å². The van der Waals surface area contributed by atoms with E-state index in [1.807, 2.05) is 12.1 Å². The van der Waals surface area contributed by atoms with Crippen LogP contribution in [0, 0.1) is 5.82 Å². The molecule has 1 fully saturated rings. The van der Waals surface area contributed by atoms with E-state index in [0.29, 0.717) is 16.9 Å². The Labute approximate surface area is 160 Å². The Balaban J connectivity index is 1.52. The van der Waals surface area contributed by atoms with Crippen LogP contribution in [0.2, 0.25) is 0 Å². The summed E-state index contributed by atoms with van der Waals surface area (Å²) >= 11 is 1.35. The van der Waals surface area contributed by atoms with Crippen molar-refractivity contribution in [2.75, 3.05) is 5.32 Å². The molecule has 1 aliphatic rings. The molecule has 27 heavy (non-hydrogen) atoms. The molecule has 1 aromatic carbocycles. The number of hydrogen-bond acceptors (Lipinski definition) is 5. The molecule has 6 nitrogen and oxygen atoms in total. The van der Waals surface area contributed by atoms with Crippen molar-refractivity contribution in [3.05, 3.63) is 54.6 Å². The largest absolute Gasteiger partial charge is 0.325 e. The lowest BCUT2D eigenvalue weighted by atomic mass is 10.3. The molecule has 1 N–H and O–H groups in total. The molecule has 3 aromatic rings. The van der Waals surface area contributed by atoms with Crippen LogP contribution in [0.4, 0.5) is 10.1 Å². The van der Waals surface area contributed by atoms with Crippen LogP contribution in [0.15, 0.2) is 53.9 Å². The van der Waals surface area contributed by atoms with Gasteiger partial charge in [0.2, 0.25) is 5.91 Å². The minimum Gasteiger partial charge on any atom is -0.325 e. The number of rotatable bonds is 6. The van der Waals surface area contributed by atoms with Crippen molar-refractivity contribution in [3.63, 3.8) is 0 Å². The molecule has 0 radical (unpaired) electrons. The van der Waals surface area contributed by atoms with E-state index in [1.165, 1.54) is 23.9 Å². The number of pyridine rings is 1. The highest BCUT2D eigenvalue weighted by Gasteiger charge is 2.31. The summed E-state index contributed by atoms with van der Waals surface area (Å²) in [5, 5.41) is 11.7. The molecular weight excluding hydrogens is 365 g/mol. The van der Waals surface area contributed by atoms with E-state index in [1.54, 1.807) is 31.5 Å². The summed E-state index contributed by atoms with van der Waals surface area (Å²) in [4.78, 5) is 16.6. The minimum absolute atomic E-state index is 0.209. The average Bonchev–Trinajstić information content (AvgIpc) is 3.42. The monoisotopic (exact) mass is 383 g/mol. The summed E-state index contributed by atoms with van der Waals surface area (Å²) in [6.07, 6.45) is 5.62. The van der Waals surface area contributed by atoms with Crippen molar-refractivity contribution >= 4 is 23.4 Å². The predicted molar refractivity (Wildman–Crippen MR) is 102 cm³/mol. The molecule has 1 aliphatic carbocycles. The first-order valence-corrected chi connectivity index (χ1v) is 9.58. The van der Waals surface area contributed by atoms with Crippen LogP contribution >= 0.6 is 11.8 Å². The van der Waals surface area contributed by atoms with E-state index in [2.05, 4.69) is 25.1 Å². The fraction of sp³-hybridized carbons (Fsp3) is 0.263. The standard InChI is InChI=1S/C19H18FN5OS/c1-12(18(26)22-15-6-2-5-14(20)10-15)27-19-24-23-17(25(19)16-7-8-16)13-4-3-9-21-11-13/h2-6,9-12,16H,7-8H2,1H3,(H,22,26)/t12-/m1/s1. The molecule has 0 saturated heterocycles. The van der Waals surface area contributed by atoms with E-state index >= 15 is 0 Å². The third-order valence-electron chi connectivity index (χ3n) is 4.24. The van der Waals surface area contributed by atoms with Crippen molar-refractivity contribution in [3.8, 4) is 11.4 Å². The molecule has 1 saturated carbocycles. The number of carbonyl (C=O) groups is 1. The van der Waals surface area contributed by atoms with Crippen LogP contribution in [0.3, 0.4) is 0 Å². The average molecular weight is 383 g/mol. The summed E-state index contributed by atoms with van der Waals surface area (Å²) in [5.74, 6) is 0.174. The number of halogens is 1. The number of hydrogen-bond donors (Lipinski definition) is 1. The SMILES string of the molecule is C[C@@H](Sc1nnc(-c2cccnc2)n1C1CC1)C(=O)Nc1cccc(F)c1. The van der Waals surface area contributed by atoms with Gasteiger partial charge < -0.3 is 5.32 Å². The van der Waals surface area contributed by atoms with E-state index in [-0.39, 0.29) is 11.7 Å². The number of anilines is 1. The van der Waals surface area contributed by atoms with Gasteiger partial charge in [0.25, 0.3) is 0 Å². The van der Waals surface area contributed by atoms with E-state index in [9.17, 15) is 9.18 Å². The van der Waals surface area contributed by atoms with Crippen LogP contribution in [-0.4, -0.2) is 30.9 Å². The van der Waals surface area contributed by atoms with Crippen LogP contribution in [-0.2, 0) is 4.79 Å². The molecule has 1 amide bonds. The molecule has 0 aliphatic heterocycles. The van der Waals surface area contributed by atoms with Gasteiger partial charge in [-0.2, -0.15) is 0 Å². The second kappa shape index (κ2) is 7.48. The Kier molecular flexibility index (Phi) is 4.89. The van der Waals surface area contributed by atoms with Crippen molar-refractivity contribution < 1.29 is 9.18 Å². The first kappa shape index (κ1) is 17.7. The quantitative estimate of drug-likeness (QED) is 0.653. The van der Waals surface area contributed by atoms with Crippen molar-refractivity contribution in [2.45, 2.75) is 36.2 Å². The fourth-order valence-corrected chi connectivity index (χ4v) is 3.65. The molecule has 138 valence electrons. The lowest BCUT2D eigenvalue weighted by molar-refractivity contribution is -0.115. The molecule has 2 heterocycles. The number of thioether (sulfide) groups is 1. The highest BCUT2D eigenvalue weighted by Crippen LogP contribution is 2.41. The number of benzene rings is 1. The summed E-state index contributed by atoms with van der Waals surface area (Å²) in [6, 6.07) is 10.0. The Morgan fingerprint density at radius 3 is 2.85 bits per heavy atom. The predicted octanol–water partition coefficient (Wildman–Crippen LogP) is 3.93. The number of nitrogens with zero attached hydrogens (tertiary/aromatic N) is 4. The lowest BCUT2D eigenvalue weighted by Gasteiger charge is -2.13. The number of aromatic nitrogens is 4. The van der Waals surface area contributed by atoms with Crippen molar-refractivity contribution in [1.82, 2.24) is 19.7 Å². The zero-order valence-electron chi connectivity index (χ0n) is 14.7. The number of amides is 1. The van der Waals surface area contributed by atoms with Crippen LogP contribution in [0.1, 0.15) is 25.8 Å². The molecule has 0 unspecified atom stereocenters. The Morgan fingerprint density at radius 2 is 2.15 bits per heavy atom. The third-order valence-corrected chi connectivity index (χ3v) is 5.30. The van der Waals surface area contributed by atoms with Gasteiger partial charge in [0, 0.05) is 29.7 Å². The van der Waals surface area contributed by atoms with E-state index in [4.69, 9.17) is 0 Å². The molecule has 1 atom stereocenters. The van der Waals surface area contributed by atoms with Gasteiger partial charge in [-0.15, -0.1) is 10.2 Å². The van der Waals surface area contributed by atoms with E-state index < -0.39 is 5.25 Å². The summed E-state index contributed by atoms with van der Waals surface area (Å²) in [6.45, 7) is 1.80. The van der Waals surface area contributed by atoms with Crippen molar-refractivity contribution in [1.29, 1.82) is 0 Å². The van der Waals surface area contributed by atoms with Gasteiger partial charge in [0.15, 0.2) is 11.0 Å². The molecule has 4 rings (SSSR count). The van der Waals surface area contributed by atoms with Gasteiger partial charge in [-0.05, 0) is 50.1 Å². The first-order chi connectivity index (χ1) is 13.1. The van der Waals surface area contributed by atoms with Crippen LogP contribution in [0.5, 0.6) is 0 Å². The summed E-state index contributed by atoms with van der Waals surface area (Å²) < 4.78 is 15.4. The van der Waals surface area contributed by atoms with Crippen LogP contribution < -0.4 is 5.32 Å². The fourth-order valence-electron chi connectivity index (χ4n) is 2.73. The van der Waals surface area contributed by atoms with Gasteiger partial charge in [-0.3, -0.25) is 14.3 Å². The third kappa shape index (κ3) is 4.00. The first-order valence-electron chi connectivity index (χ1n) is 8.70. The highest BCUT2D eigenvalue weighted by molar-refractivity contribution is 8.00. The van der Waals surface area contributed by atoms with Gasteiger partial charge in [0.05, 0.1) is 5.25 Å². The summed E-state index contributed by atoms with van der Waals surface area (Å²) in [5.41, 5.74) is 1.34. The topological polar surface area (TPSA) is 72.7 Å². The summed E-state index contributed by atoms with van der Waals surface area (Å²) in [7, 11) is 0. The van der Waals surface area contributed by atoms with Crippen LogP contribution in [0.25, 0.3) is 11.4 Å². The lowest BCUT2D eigenvalue weighted by Crippen LogP contribution is -2.23. The molecule has 8 heteroatoms. The van der Waals surface area contributed by atoms with Gasteiger partial charge >= 0.3 is 0 Å². The number of carbonyl (C=O) groups excluding carboxylic acids is 1. The highest BCUT2D eigenvalue weighted by atomic mass is 32.2. The zero-order chi connectivity index (χ0) is 18.8. The molecule has 2 aromatic heterocycles. The molecule has 0 spiro atoms.